The molecule has 0 radical (unpaired) electrons. The Bertz CT molecular complexity index is 212. The lowest BCUT2D eigenvalue weighted by molar-refractivity contribution is -0.139. The summed E-state index contributed by atoms with van der Waals surface area (Å²) in [5.74, 6) is -0.246. The molecule has 1 heterocycles. The van der Waals surface area contributed by atoms with Crippen molar-refractivity contribution in [3.8, 4) is 0 Å². The van der Waals surface area contributed by atoms with E-state index in [9.17, 15) is 4.79 Å². The second-order valence-corrected chi connectivity index (χ2v) is 3.23. The van der Waals surface area contributed by atoms with Crippen molar-refractivity contribution in [2.45, 2.75) is 24.9 Å². The minimum absolute atomic E-state index is 0.310. The number of carboxylic acids is 1. The highest BCUT2D eigenvalue weighted by molar-refractivity contribution is 5.74. The summed E-state index contributed by atoms with van der Waals surface area (Å²) in [5, 5.41) is 11.8. The van der Waals surface area contributed by atoms with E-state index in [2.05, 4.69) is 17.5 Å². The summed E-state index contributed by atoms with van der Waals surface area (Å²) in [6.07, 6.45) is 6.01. The number of rotatable bonds is 1. The van der Waals surface area contributed by atoms with Crippen LogP contribution in [0, 0.1) is 5.92 Å². The number of fused-ring (bicyclic) bond motifs is 1. The standard InChI is InChI=1S/C8H11NO2/c10-8(11)7-4-5-2-1-3-6(5)9-7/h1-2,5-7,9H,3-4H2,(H,10,11). The van der Waals surface area contributed by atoms with Crippen LogP contribution in [0.3, 0.4) is 0 Å². The van der Waals surface area contributed by atoms with Gasteiger partial charge in [-0.05, 0) is 18.8 Å². The lowest BCUT2D eigenvalue weighted by Crippen LogP contribution is -2.35. The lowest BCUT2D eigenvalue weighted by Gasteiger charge is -2.07. The van der Waals surface area contributed by atoms with Gasteiger partial charge < -0.3 is 10.4 Å². The molecule has 0 bridgehead atoms. The molecule has 2 N–H and O–H groups in total. The maximum Gasteiger partial charge on any atom is 0.320 e. The minimum atomic E-state index is -0.715. The monoisotopic (exact) mass is 153 g/mol. The van der Waals surface area contributed by atoms with Crippen molar-refractivity contribution in [3.63, 3.8) is 0 Å². The van der Waals surface area contributed by atoms with Crippen LogP contribution < -0.4 is 5.32 Å². The highest BCUT2D eigenvalue weighted by Crippen LogP contribution is 2.29. The maximum absolute atomic E-state index is 10.5. The van der Waals surface area contributed by atoms with E-state index in [1.54, 1.807) is 0 Å². The zero-order chi connectivity index (χ0) is 7.84. The number of nitrogens with one attached hydrogen (secondary N) is 1. The van der Waals surface area contributed by atoms with E-state index in [4.69, 9.17) is 5.11 Å². The Balaban J connectivity index is 2.04. The molecule has 0 aromatic rings. The lowest BCUT2D eigenvalue weighted by atomic mass is 10.0. The first-order chi connectivity index (χ1) is 5.27. The number of hydrogen-bond acceptors (Lipinski definition) is 2. The molecular formula is C8H11NO2. The number of carboxylic acid groups (broad SMARTS) is 1. The fourth-order valence-corrected chi connectivity index (χ4v) is 1.91. The molecule has 2 aliphatic rings. The molecule has 3 heteroatoms. The topological polar surface area (TPSA) is 49.3 Å². The van der Waals surface area contributed by atoms with Gasteiger partial charge >= 0.3 is 5.97 Å². The first-order valence-electron chi connectivity index (χ1n) is 3.93. The van der Waals surface area contributed by atoms with Gasteiger partial charge in [-0.1, -0.05) is 12.2 Å². The predicted octanol–water partition coefficient (Wildman–Crippen LogP) is 0.378. The summed E-state index contributed by atoms with van der Waals surface area (Å²) < 4.78 is 0. The van der Waals surface area contributed by atoms with E-state index in [1.165, 1.54) is 0 Å². The van der Waals surface area contributed by atoms with Gasteiger partial charge in [0.1, 0.15) is 6.04 Å². The summed E-state index contributed by atoms with van der Waals surface area (Å²) in [6, 6.07) is 0.0889. The van der Waals surface area contributed by atoms with Gasteiger partial charge in [0.05, 0.1) is 0 Å². The van der Waals surface area contributed by atoms with Gasteiger partial charge in [0.25, 0.3) is 0 Å². The molecule has 0 aromatic carbocycles. The Hall–Kier alpha value is -0.830. The molecule has 60 valence electrons. The third-order valence-corrected chi connectivity index (χ3v) is 2.51. The molecule has 0 saturated carbocycles. The fourth-order valence-electron chi connectivity index (χ4n) is 1.91. The van der Waals surface area contributed by atoms with E-state index >= 15 is 0 Å². The van der Waals surface area contributed by atoms with Gasteiger partial charge in [-0.2, -0.15) is 0 Å². The highest BCUT2D eigenvalue weighted by Gasteiger charge is 2.37. The fraction of sp³-hybridized carbons (Fsp3) is 0.625. The van der Waals surface area contributed by atoms with E-state index < -0.39 is 5.97 Å². The number of carbonyl (C=O) groups is 1. The summed E-state index contributed by atoms with van der Waals surface area (Å²) in [5.41, 5.74) is 0. The number of hydrogen-bond donors (Lipinski definition) is 2. The normalized spacial score (nSPS) is 40.9. The summed E-state index contributed by atoms with van der Waals surface area (Å²) in [6.45, 7) is 0. The molecule has 3 atom stereocenters. The van der Waals surface area contributed by atoms with Crippen LogP contribution in [0.25, 0.3) is 0 Å². The largest absolute Gasteiger partial charge is 0.480 e. The smallest absolute Gasteiger partial charge is 0.320 e. The molecule has 0 amide bonds. The van der Waals surface area contributed by atoms with E-state index in [-0.39, 0.29) is 6.04 Å². The highest BCUT2D eigenvalue weighted by atomic mass is 16.4. The van der Waals surface area contributed by atoms with Gasteiger partial charge in [0.15, 0.2) is 0 Å². The molecule has 1 fully saturated rings. The maximum atomic E-state index is 10.5. The summed E-state index contributed by atoms with van der Waals surface area (Å²) in [4.78, 5) is 10.5. The molecular weight excluding hydrogens is 142 g/mol. The van der Waals surface area contributed by atoms with Gasteiger partial charge in [-0.25, -0.2) is 0 Å². The Morgan fingerprint density at radius 1 is 1.64 bits per heavy atom. The van der Waals surface area contributed by atoms with Crippen molar-refractivity contribution in [1.29, 1.82) is 0 Å². The van der Waals surface area contributed by atoms with Gasteiger partial charge in [0.2, 0.25) is 0 Å². The Labute approximate surface area is 65.1 Å². The average Bonchev–Trinajstić information content (AvgIpc) is 2.40. The molecule has 11 heavy (non-hydrogen) atoms. The van der Waals surface area contributed by atoms with Crippen LogP contribution >= 0.6 is 0 Å². The molecule has 3 unspecified atom stereocenters. The Morgan fingerprint density at radius 2 is 2.45 bits per heavy atom. The third kappa shape index (κ3) is 1.05. The minimum Gasteiger partial charge on any atom is -0.480 e. The van der Waals surface area contributed by atoms with E-state index in [0.29, 0.717) is 12.0 Å². The van der Waals surface area contributed by atoms with Crippen LogP contribution in [-0.2, 0) is 4.79 Å². The van der Waals surface area contributed by atoms with Crippen molar-refractivity contribution in [2.75, 3.05) is 0 Å². The van der Waals surface area contributed by atoms with Crippen molar-refractivity contribution in [1.82, 2.24) is 5.32 Å². The Morgan fingerprint density at radius 3 is 3.09 bits per heavy atom. The van der Waals surface area contributed by atoms with Crippen molar-refractivity contribution < 1.29 is 9.90 Å². The average molecular weight is 153 g/mol. The van der Waals surface area contributed by atoms with Crippen LogP contribution in [0.15, 0.2) is 12.2 Å². The first kappa shape index (κ1) is 6.85. The van der Waals surface area contributed by atoms with Crippen LogP contribution in [0.1, 0.15) is 12.8 Å². The van der Waals surface area contributed by atoms with Crippen LogP contribution in [0.5, 0.6) is 0 Å². The second kappa shape index (κ2) is 2.34. The van der Waals surface area contributed by atoms with Crippen molar-refractivity contribution in [2.24, 2.45) is 5.92 Å². The SMILES string of the molecule is O=C(O)C1CC2C=CCC2N1. The van der Waals surface area contributed by atoms with E-state index in [0.717, 1.165) is 12.8 Å². The molecule has 0 aromatic heterocycles. The predicted molar refractivity (Wildman–Crippen MR) is 40.2 cm³/mol. The zero-order valence-corrected chi connectivity index (χ0v) is 6.16. The molecule has 1 aliphatic carbocycles. The van der Waals surface area contributed by atoms with Crippen molar-refractivity contribution >= 4 is 5.97 Å². The molecule has 2 rings (SSSR count). The first-order valence-corrected chi connectivity index (χ1v) is 3.93. The van der Waals surface area contributed by atoms with Crippen LogP contribution in [0.4, 0.5) is 0 Å². The molecule has 1 saturated heterocycles. The summed E-state index contributed by atoms with van der Waals surface area (Å²) >= 11 is 0. The van der Waals surface area contributed by atoms with Gasteiger partial charge in [0, 0.05) is 6.04 Å². The second-order valence-electron chi connectivity index (χ2n) is 3.23. The molecule has 0 spiro atoms. The van der Waals surface area contributed by atoms with Crippen LogP contribution in [0.2, 0.25) is 0 Å². The third-order valence-electron chi connectivity index (χ3n) is 2.51. The molecule has 1 aliphatic heterocycles. The number of aliphatic carboxylic acids is 1. The van der Waals surface area contributed by atoms with Gasteiger partial charge in [-0.3, -0.25) is 4.79 Å². The van der Waals surface area contributed by atoms with Gasteiger partial charge in [-0.15, -0.1) is 0 Å². The van der Waals surface area contributed by atoms with E-state index in [1.807, 2.05) is 0 Å². The molecule has 3 nitrogen and oxygen atoms in total. The zero-order valence-electron chi connectivity index (χ0n) is 6.16. The summed E-state index contributed by atoms with van der Waals surface area (Å²) in [7, 11) is 0. The quantitative estimate of drug-likeness (QED) is 0.535. The van der Waals surface area contributed by atoms with Crippen LogP contribution in [-0.4, -0.2) is 23.2 Å². The van der Waals surface area contributed by atoms with Crippen molar-refractivity contribution in [3.05, 3.63) is 12.2 Å². The Kier molecular flexibility index (Phi) is 1.46.